The summed E-state index contributed by atoms with van der Waals surface area (Å²) in [6, 6.07) is 0.187. The van der Waals surface area contributed by atoms with Crippen molar-refractivity contribution >= 4 is 5.91 Å². The SMILES string of the molecule is NC1CCC(C(=O)NC2(CO)CCC2)C1. The van der Waals surface area contributed by atoms with Crippen molar-refractivity contribution in [3.63, 3.8) is 0 Å². The summed E-state index contributed by atoms with van der Waals surface area (Å²) in [6.07, 6.45) is 5.57. The van der Waals surface area contributed by atoms with E-state index in [0.29, 0.717) is 0 Å². The highest BCUT2D eigenvalue weighted by Crippen LogP contribution is 2.33. The Bertz CT molecular complexity index is 245. The Morgan fingerprint density at radius 2 is 2.20 bits per heavy atom. The van der Waals surface area contributed by atoms with E-state index in [2.05, 4.69) is 5.32 Å². The quantitative estimate of drug-likeness (QED) is 0.623. The van der Waals surface area contributed by atoms with E-state index in [1.807, 2.05) is 0 Å². The fourth-order valence-corrected chi connectivity index (χ4v) is 2.54. The highest BCUT2D eigenvalue weighted by Gasteiger charge is 2.40. The number of aliphatic hydroxyl groups excluding tert-OH is 1. The number of rotatable bonds is 3. The molecule has 0 aromatic heterocycles. The Labute approximate surface area is 90.2 Å². The number of carbonyl (C=O) groups excluding carboxylic acids is 1. The predicted octanol–water partition coefficient (Wildman–Crippen LogP) is 0.145. The lowest BCUT2D eigenvalue weighted by Crippen LogP contribution is -2.57. The molecule has 0 saturated heterocycles. The van der Waals surface area contributed by atoms with Crippen LogP contribution in [0.5, 0.6) is 0 Å². The van der Waals surface area contributed by atoms with E-state index in [9.17, 15) is 9.90 Å². The summed E-state index contributed by atoms with van der Waals surface area (Å²) >= 11 is 0. The van der Waals surface area contributed by atoms with Crippen molar-refractivity contribution in [3.8, 4) is 0 Å². The van der Waals surface area contributed by atoms with Gasteiger partial charge in [0.2, 0.25) is 5.91 Å². The van der Waals surface area contributed by atoms with Crippen LogP contribution in [0.15, 0.2) is 0 Å². The van der Waals surface area contributed by atoms with Gasteiger partial charge < -0.3 is 16.2 Å². The molecule has 0 spiro atoms. The zero-order valence-electron chi connectivity index (χ0n) is 9.04. The minimum atomic E-state index is -0.302. The first kappa shape index (κ1) is 10.9. The molecule has 0 bridgehead atoms. The lowest BCUT2D eigenvalue weighted by atomic mass is 9.77. The van der Waals surface area contributed by atoms with Gasteiger partial charge in [0.15, 0.2) is 0 Å². The molecule has 4 heteroatoms. The molecule has 2 fully saturated rings. The van der Waals surface area contributed by atoms with E-state index < -0.39 is 0 Å². The largest absolute Gasteiger partial charge is 0.394 e. The van der Waals surface area contributed by atoms with Crippen LogP contribution in [0.4, 0.5) is 0 Å². The third-order valence-corrected chi connectivity index (χ3v) is 3.85. The molecule has 0 aliphatic heterocycles. The number of carbonyl (C=O) groups is 1. The third-order valence-electron chi connectivity index (χ3n) is 3.85. The molecule has 0 aromatic carbocycles. The van der Waals surface area contributed by atoms with Gasteiger partial charge in [0, 0.05) is 12.0 Å². The van der Waals surface area contributed by atoms with Crippen molar-refractivity contribution in [2.45, 2.75) is 50.1 Å². The molecule has 0 radical (unpaired) electrons. The van der Waals surface area contributed by atoms with Crippen LogP contribution < -0.4 is 11.1 Å². The molecule has 4 nitrogen and oxygen atoms in total. The monoisotopic (exact) mass is 212 g/mol. The number of hydrogen-bond donors (Lipinski definition) is 3. The second-order valence-electron chi connectivity index (χ2n) is 5.05. The Morgan fingerprint density at radius 1 is 1.47 bits per heavy atom. The van der Waals surface area contributed by atoms with Crippen LogP contribution in [-0.2, 0) is 4.79 Å². The molecule has 1 amide bonds. The Morgan fingerprint density at radius 3 is 2.60 bits per heavy atom. The van der Waals surface area contributed by atoms with E-state index in [1.54, 1.807) is 0 Å². The summed E-state index contributed by atoms with van der Waals surface area (Å²) < 4.78 is 0. The summed E-state index contributed by atoms with van der Waals surface area (Å²) in [5.41, 5.74) is 5.47. The maximum absolute atomic E-state index is 11.9. The standard InChI is InChI=1S/C11H20N2O2/c12-9-3-2-8(6-9)10(15)13-11(7-14)4-1-5-11/h8-9,14H,1-7,12H2,(H,13,15). The molecule has 86 valence electrons. The summed E-state index contributed by atoms with van der Waals surface area (Å²) in [4.78, 5) is 11.9. The molecule has 2 saturated carbocycles. The van der Waals surface area contributed by atoms with Gasteiger partial charge in [-0.05, 0) is 38.5 Å². The van der Waals surface area contributed by atoms with E-state index in [4.69, 9.17) is 5.73 Å². The van der Waals surface area contributed by atoms with Gasteiger partial charge in [0.25, 0.3) is 0 Å². The van der Waals surface area contributed by atoms with Gasteiger partial charge in [-0.15, -0.1) is 0 Å². The van der Waals surface area contributed by atoms with Gasteiger partial charge in [-0.2, -0.15) is 0 Å². The topological polar surface area (TPSA) is 75.4 Å². The summed E-state index contributed by atoms with van der Waals surface area (Å²) in [7, 11) is 0. The second kappa shape index (κ2) is 4.10. The predicted molar refractivity (Wildman–Crippen MR) is 57.1 cm³/mol. The summed E-state index contributed by atoms with van der Waals surface area (Å²) in [6.45, 7) is 0.0670. The Kier molecular flexibility index (Phi) is 2.98. The van der Waals surface area contributed by atoms with Gasteiger partial charge in [0.1, 0.15) is 0 Å². The van der Waals surface area contributed by atoms with Crippen LogP contribution in [0.2, 0.25) is 0 Å². The van der Waals surface area contributed by atoms with Crippen LogP contribution in [0, 0.1) is 5.92 Å². The Balaban J connectivity index is 1.86. The van der Waals surface area contributed by atoms with E-state index in [0.717, 1.165) is 38.5 Å². The maximum atomic E-state index is 11.9. The van der Waals surface area contributed by atoms with Crippen LogP contribution in [0.1, 0.15) is 38.5 Å². The highest BCUT2D eigenvalue weighted by molar-refractivity contribution is 5.80. The molecule has 2 unspecified atom stereocenters. The highest BCUT2D eigenvalue weighted by atomic mass is 16.3. The number of aliphatic hydroxyl groups is 1. The van der Waals surface area contributed by atoms with Crippen molar-refractivity contribution in [1.29, 1.82) is 0 Å². The van der Waals surface area contributed by atoms with Gasteiger partial charge >= 0.3 is 0 Å². The maximum Gasteiger partial charge on any atom is 0.223 e. The van der Waals surface area contributed by atoms with Crippen molar-refractivity contribution in [3.05, 3.63) is 0 Å². The van der Waals surface area contributed by atoms with E-state index >= 15 is 0 Å². The van der Waals surface area contributed by atoms with Gasteiger partial charge in [-0.3, -0.25) is 4.79 Å². The first-order valence-corrected chi connectivity index (χ1v) is 5.84. The molecule has 2 atom stereocenters. The summed E-state index contributed by atoms with van der Waals surface area (Å²) in [5, 5.41) is 12.2. The third kappa shape index (κ3) is 2.16. The van der Waals surface area contributed by atoms with Crippen LogP contribution in [0.3, 0.4) is 0 Å². The summed E-state index contributed by atoms with van der Waals surface area (Å²) in [5.74, 6) is 0.167. The fraction of sp³-hybridized carbons (Fsp3) is 0.909. The Hall–Kier alpha value is -0.610. The zero-order chi connectivity index (χ0) is 10.9. The first-order chi connectivity index (χ1) is 7.15. The molecule has 2 rings (SSSR count). The van der Waals surface area contributed by atoms with E-state index in [1.165, 1.54) is 0 Å². The molecule has 2 aliphatic carbocycles. The number of nitrogens with two attached hydrogens (primary N) is 1. The smallest absolute Gasteiger partial charge is 0.223 e. The normalized spacial score (nSPS) is 33.5. The first-order valence-electron chi connectivity index (χ1n) is 5.84. The van der Waals surface area contributed by atoms with Crippen molar-refractivity contribution in [2.75, 3.05) is 6.61 Å². The zero-order valence-corrected chi connectivity index (χ0v) is 9.04. The fourth-order valence-electron chi connectivity index (χ4n) is 2.54. The van der Waals surface area contributed by atoms with Gasteiger partial charge in [-0.25, -0.2) is 0 Å². The average molecular weight is 212 g/mol. The minimum Gasteiger partial charge on any atom is -0.394 e. The molecule has 0 aromatic rings. The van der Waals surface area contributed by atoms with Gasteiger partial charge in [-0.1, -0.05) is 0 Å². The number of hydrogen-bond acceptors (Lipinski definition) is 3. The molecule has 2 aliphatic rings. The van der Waals surface area contributed by atoms with Crippen molar-refractivity contribution in [2.24, 2.45) is 11.7 Å². The molecular weight excluding hydrogens is 192 g/mol. The lowest BCUT2D eigenvalue weighted by molar-refractivity contribution is -0.128. The number of nitrogens with one attached hydrogen (secondary N) is 1. The van der Waals surface area contributed by atoms with Crippen LogP contribution >= 0.6 is 0 Å². The number of amides is 1. The minimum absolute atomic E-state index is 0.0670. The molecule has 4 N–H and O–H groups in total. The van der Waals surface area contributed by atoms with Gasteiger partial charge in [0.05, 0.1) is 12.1 Å². The van der Waals surface area contributed by atoms with Crippen molar-refractivity contribution in [1.82, 2.24) is 5.32 Å². The van der Waals surface area contributed by atoms with Crippen LogP contribution in [-0.4, -0.2) is 29.2 Å². The average Bonchev–Trinajstić information content (AvgIpc) is 2.58. The molecule has 0 heterocycles. The van der Waals surface area contributed by atoms with Crippen molar-refractivity contribution < 1.29 is 9.90 Å². The molecule has 15 heavy (non-hydrogen) atoms. The van der Waals surface area contributed by atoms with E-state index in [-0.39, 0.29) is 30.0 Å². The second-order valence-corrected chi connectivity index (χ2v) is 5.05. The van der Waals surface area contributed by atoms with Crippen LogP contribution in [0.25, 0.3) is 0 Å². The molecular formula is C11H20N2O2. The lowest BCUT2D eigenvalue weighted by Gasteiger charge is -2.41.